The summed E-state index contributed by atoms with van der Waals surface area (Å²) in [6.45, 7) is 1.89. The molecule has 3 heterocycles. The van der Waals surface area contributed by atoms with Gasteiger partial charge in [-0.25, -0.2) is 0 Å². The highest BCUT2D eigenvalue weighted by molar-refractivity contribution is 5.17. The Bertz CT molecular complexity index is 1890. The molecule has 0 aliphatic carbocycles. The van der Waals surface area contributed by atoms with Gasteiger partial charge in [-0.1, -0.05) is 152 Å². The third-order valence-corrected chi connectivity index (χ3v) is 10.5. The summed E-state index contributed by atoms with van der Waals surface area (Å²) in [5.41, 5.74) is 4.97. The van der Waals surface area contributed by atoms with Crippen molar-refractivity contribution in [3.05, 3.63) is 179 Å². The van der Waals surface area contributed by atoms with Gasteiger partial charge in [-0.3, -0.25) is 0 Å². The van der Waals surface area contributed by atoms with E-state index < -0.39 is 61.4 Å². The first-order chi connectivity index (χ1) is 28.2. The summed E-state index contributed by atoms with van der Waals surface area (Å²) < 4.78 is 59.3. The molecule has 10 heteroatoms. The van der Waals surface area contributed by atoms with Crippen LogP contribution < -0.4 is 0 Å². The number of rotatable bonds is 18. The number of fused-ring (bicyclic) bond motifs is 2. The van der Waals surface area contributed by atoms with Crippen molar-refractivity contribution in [3.63, 3.8) is 0 Å². The van der Waals surface area contributed by atoms with E-state index in [0.29, 0.717) is 19.8 Å². The lowest BCUT2D eigenvalue weighted by Crippen LogP contribution is -2.64. The van der Waals surface area contributed by atoms with Crippen LogP contribution in [-0.4, -0.2) is 79.7 Å². The summed E-state index contributed by atoms with van der Waals surface area (Å²) in [7, 11) is 0. The zero-order valence-electron chi connectivity index (χ0n) is 31.8. The summed E-state index contributed by atoms with van der Waals surface area (Å²) >= 11 is 0. The number of aliphatic hydroxyl groups is 1. The maximum Gasteiger partial charge on any atom is 0.187 e. The molecule has 1 N–H and O–H groups in total. The van der Waals surface area contributed by atoms with Gasteiger partial charge in [0.05, 0.1) is 46.2 Å². The molecule has 0 amide bonds. The van der Waals surface area contributed by atoms with E-state index in [1.165, 1.54) is 0 Å². The lowest BCUT2D eigenvalue weighted by Gasteiger charge is -2.48. The fourth-order valence-corrected chi connectivity index (χ4v) is 7.49. The summed E-state index contributed by atoms with van der Waals surface area (Å²) in [5.74, 6) is 0. The molecule has 0 radical (unpaired) electrons. The predicted octanol–water partition coefficient (Wildman–Crippen LogP) is 6.77. The zero-order valence-corrected chi connectivity index (χ0v) is 31.8. The average Bonchev–Trinajstić information content (AvgIpc) is 3.72. The summed E-state index contributed by atoms with van der Waals surface area (Å²) in [6, 6.07) is 49.8. The van der Waals surface area contributed by atoms with Gasteiger partial charge < -0.3 is 47.7 Å². The van der Waals surface area contributed by atoms with E-state index in [9.17, 15) is 5.11 Å². The van der Waals surface area contributed by atoms with E-state index in [-0.39, 0.29) is 26.4 Å². The number of ether oxygens (including phenoxy) is 9. The standard InChI is InChI=1S/C47H50O10/c48-40-43(51-28-35-20-10-3-11-21-35)42(39-32-54-46(40)55-39)57-47-45(53-30-37-24-14-5-15-25-37)44(52-29-36-22-12-4-13-23-36)41(50-27-34-18-8-2-9-19-34)38(56-47)31-49-26-33-16-6-1-7-17-33/h1-25,38-48H,26-32H2/t38-,39-,40-,41-,42-,43-,44+,45-,46-,47-/m1/s1. The molecule has 0 spiro atoms. The van der Waals surface area contributed by atoms with Crippen molar-refractivity contribution in [2.24, 2.45) is 0 Å². The van der Waals surface area contributed by atoms with Crippen LogP contribution in [0.2, 0.25) is 0 Å². The Morgan fingerprint density at radius 2 is 0.877 bits per heavy atom. The fraction of sp³-hybridized carbons (Fsp3) is 0.362. The van der Waals surface area contributed by atoms with Crippen molar-refractivity contribution < 1.29 is 47.7 Å². The van der Waals surface area contributed by atoms with Gasteiger partial charge in [0, 0.05) is 0 Å². The molecular formula is C47H50O10. The van der Waals surface area contributed by atoms with Crippen LogP contribution in [0.25, 0.3) is 0 Å². The Kier molecular flexibility index (Phi) is 13.8. The summed E-state index contributed by atoms with van der Waals surface area (Å²) in [4.78, 5) is 0. The number of hydrogen-bond acceptors (Lipinski definition) is 10. The molecule has 298 valence electrons. The normalized spacial score (nSPS) is 28.3. The highest BCUT2D eigenvalue weighted by atomic mass is 16.8. The highest BCUT2D eigenvalue weighted by Gasteiger charge is 2.56. The SMILES string of the molecule is O[C@H]1[C@@H]2OC[C@@H](O2)[C@@H](O[C@H]2O[C@H](COCc3ccccc3)[C@@H](OCc3ccccc3)[C@H](OCc3ccccc3)[C@H]2OCc2ccccc2)[C@@H]1OCc1ccccc1. The summed E-state index contributed by atoms with van der Waals surface area (Å²) in [6.07, 6.45) is -7.83. The molecule has 5 aromatic carbocycles. The molecule has 3 fully saturated rings. The molecular weight excluding hydrogens is 725 g/mol. The topological polar surface area (TPSA) is 103 Å². The van der Waals surface area contributed by atoms with Crippen molar-refractivity contribution in [3.8, 4) is 0 Å². The van der Waals surface area contributed by atoms with Crippen molar-refractivity contribution in [1.82, 2.24) is 0 Å². The lowest BCUT2D eigenvalue weighted by molar-refractivity contribution is -0.357. The van der Waals surface area contributed by atoms with Crippen molar-refractivity contribution in [2.75, 3.05) is 13.2 Å². The molecule has 3 aliphatic heterocycles. The Labute approximate surface area is 334 Å². The van der Waals surface area contributed by atoms with Gasteiger partial charge in [0.25, 0.3) is 0 Å². The Hall–Kier alpha value is -4.30. The van der Waals surface area contributed by atoms with Crippen LogP contribution in [0.4, 0.5) is 0 Å². The molecule has 0 unspecified atom stereocenters. The van der Waals surface area contributed by atoms with Gasteiger partial charge in [-0.05, 0) is 27.8 Å². The Morgan fingerprint density at radius 3 is 1.37 bits per heavy atom. The zero-order chi connectivity index (χ0) is 38.7. The third-order valence-electron chi connectivity index (χ3n) is 10.5. The van der Waals surface area contributed by atoms with E-state index in [2.05, 4.69) is 0 Å². The highest BCUT2D eigenvalue weighted by Crippen LogP contribution is 2.37. The van der Waals surface area contributed by atoms with Crippen LogP contribution in [0, 0.1) is 0 Å². The maximum atomic E-state index is 11.5. The van der Waals surface area contributed by atoms with Gasteiger partial charge in [-0.2, -0.15) is 0 Å². The molecule has 3 aliphatic rings. The van der Waals surface area contributed by atoms with Crippen LogP contribution in [0.15, 0.2) is 152 Å². The van der Waals surface area contributed by atoms with Crippen molar-refractivity contribution in [2.45, 2.75) is 94.4 Å². The monoisotopic (exact) mass is 774 g/mol. The summed E-state index contributed by atoms with van der Waals surface area (Å²) in [5, 5.41) is 11.5. The third kappa shape index (κ3) is 10.4. The van der Waals surface area contributed by atoms with Crippen LogP contribution in [0.3, 0.4) is 0 Å². The smallest absolute Gasteiger partial charge is 0.187 e. The first-order valence-corrected chi connectivity index (χ1v) is 19.7. The molecule has 0 saturated carbocycles. The Morgan fingerprint density at radius 1 is 0.456 bits per heavy atom. The van der Waals surface area contributed by atoms with E-state index in [1.54, 1.807) is 0 Å². The second kappa shape index (κ2) is 19.9. The number of aliphatic hydroxyl groups excluding tert-OH is 1. The van der Waals surface area contributed by atoms with E-state index in [1.807, 2.05) is 152 Å². The number of benzene rings is 5. The first kappa shape index (κ1) is 39.5. The van der Waals surface area contributed by atoms with E-state index >= 15 is 0 Å². The van der Waals surface area contributed by atoms with Gasteiger partial charge >= 0.3 is 0 Å². The molecule has 10 nitrogen and oxygen atoms in total. The van der Waals surface area contributed by atoms with Gasteiger partial charge in [0.2, 0.25) is 0 Å². The molecule has 5 aromatic rings. The van der Waals surface area contributed by atoms with Crippen LogP contribution in [0.5, 0.6) is 0 Å². The first-order valence-electron chi connectivity index (χ1n) is 19.7. The van der Waals surface area contributed by atoms with Crippen molar-refractivity contribution >= 4 is 0 Å². The van der Waals surface area contributed by atoms with Gasteiger partial charge in [0.1, 0.15) is 48.8 Å². The molecule has 57 heavy (non-hydrogen) atoms. The molecule has 0 aromatic heterocycles. The lowest BCUT2D eigenvalue weighted by atomic mass is 9.96. The second-order valence-electron chi connectivity index (χ2n) is 14.6. The minimum atomic E-state index is -1.11. The largest absolute Gasteiger partial charge is 0.385 e. The van der Waals surface area contributed by atoms with E-state index in [4.69, 9.17) is 42.6 Å². The fourth-order valence-electron chi connectivity index (χ4n) is 7.49. The van der Waals surface area contributed by atoms with Crippen LogP contribution in [-0.2, 0) is 75.7 Å². The Balaban J connectivity index is 1.12. The molecule has 3 saturated heterocycles. The molecule has 2 bridgehead atoms. The van der Waals surface area contributed by atoms with Gasteiger partial charge in [0.15, 0.2) is 12.6 Å². The van der Waals surface area contributed by atoms with Crippen LogP contribution >= 0.6 is 0 Å². The minimum absolute atomic E-state index is 0.178. The van der Waals surface area contributed by atoms with E-state index in [0.717, 1.165) is 27.8 Å². The van der Waals surface area contributed by atoms with Crippen LogP contribution in [0.1, 0.15) is 27.8 Å². The quantitative estimate of drug-likeness (QED) is 0.103. The van der Waals surface area contributed by atoms with Crippen molar-refractivity contribution in [1.29, 1.82) is 0 Å². The van der Waals surface area contributed by atoms with Gasteiger partial charge in [-0.15, -0.1) is 0 Å². The average molecular weight is 775 g/mol. The predicted molar refractivity (Wildman–Crippen MR) is 210 cm³/mol. The number of hydrogen-bond donors (Lipinski definition) is 1. The molecule has 8 rings (SSSR count). The minimum Gasteiger partial charge on any atom is -0.385 e. The second-order valence-corrected chi connectivity index (χ2v) is 14.6. The maximum absolute atomic E-state index is 11.5. The molecule has 10 atom stereocenters.